The van der Waals surface area contributed by atoms with Gasteiger partial charge in [0.1, 0.15) is 5.75 Å². The standard InChI is InChI=1S/C17H24ClNO3/c1-21-17-9-13(18)5-4-12(17)10-19-7-2-3-15(19)14-11-22-8-6-16(14)20/h4-5,9,14-16,20H,2-3,6-8,10-11H2,1H3/t14-,15+,16+/m0/s1. The highest BCUT2D eigenvalue weighted by Gasteiger charge is 2.37. The van der Waals surface area contributed by atoms with Gasteiger partial charge in [-0.25, -0.2) is 0 Å². The second kappa shape index (κ2) is 7.18. The average molecular weight is 326 g/mol. The van der Waals surface area contributed by atoms with Crippen LogP contribution in [0.5, 0.6) is 5.75 Å². The van der Waals surface area contributed by atoms with Gasteiger partial charge in [0.15, 0.2) is 0 Å². The molecule has 1 N–H and O–H groups in total. The van der Waals surface area contributed by atoms with Crippen LogP contribution < -0.4 is 4.74 Å². The summed E-state index contributed by atoms with van der Waals surface area (Å²) in [6.45, 7) is 3.23. The molecule has 0 amide bonds. The summed E-state index contributed by atoms with van der Waals surface area (Å²) in [5.41, 5.74) is 1.14. The Morgan fingerprint density at radius 3 is 3.05 bits per heavy atom. The normalized spacial score (nSPS) is 29.7. The Morgan fingerprint density at radius 1 is 1.41 bits per heavy atom. The number of aliphatic hydroxyl groups excluding tert-OH is 1. The van der Waals surface area contributed by atoms with Gasteiger partial charge in [-0.15, -0.1) is 0 Å². The van der Waals surface area contributed by atoms with E-state index in [0.29, 0.717) is 24.3 Å². The highest BCUT2D eigenvalue weighted by atomic mass is 35.5. The molecule has 0 aromatic heterocycles. The van der Waals surface area contributed by atoms with Crippen molar-refractivity contribution in [2.45, 2.75) is 38.0 Å². The first-order valence-electron chi connectivity index (χ1n) is 8.01. The number of halogens is 1. The van der Waals surface area contributed by atoms with Crippen LogP contribution in [0, 0.1) is 5.92 Å². The van der Waals surface area contributed by atoms with E-state index < -0.39 is 0 Å². The Morgan fingerprint density at radius 2 is 2.27 bits per heavy atom. The molecule has 3 rings (SSSR count). The molecule has 0 bridgehead atoms. The Labute approximate surface area is 137 Å². The lowest BCUT2D eigenvalue weighted by molar-refractivity contribution is -0.0636. The van der Waals surface area contributed by atoms with E-state index in [-0.39, 0.29) is 12.0 Å². The number of rotatable bonds is 4. The van der Waals surface area contributed by atoms with Gasteiger partial charge in [0.05, 0.1) is 19.8 Å². The predicted molar refractivity (Wildman–Crippen MR) is 86.4 cm³/mol. The van der Waals surface area contributed by atoms with Gasteiger partial charge >= 0.3 is 0 Å². The molecule has 0 unspecified atom stereocenters. The maximum Gasteiger partial charge on any atom is 0.124 e. The summed E-state index contributed by atoms with van der Waals surface area (Å²) in [5, 5.41) is 11.0. The summed E-state index contributed by atoms with van der Waals surface area (Å²) in [6, 6.07) is 6.18. The summed E-state index contributed by atoms with van der Waals surface area (Å²) in [6.07, 6.45) is 2.80. The van der Waals surface area contributed by atoms with Crippen LogP contribution in [0.1, 0.15) is 24.8 Å². The third-order valence-corrected chi connectivity index (χ3v) is 5.13. The fourth-order valence-electron chi connectivity index (χ4n) is 3.72. The minimum absolute atomic E-state index is 0.217. The second-order valence-electron chi connectivity index (χ2n) is 6.23. The minimum atomic E-state index is -0.244. The van der Waals surface area contributed by atoms with E-state index in [1.807, 2.05) is 18.2 Å². The van der Waals surface area contributed by atoms with Crippen LogP contribution in [-0.4, -0.2) is 49.0 Å². The Kier molecular flexibility index (Phi) is 5.24. The van der Waals surface area contributed by atoms with Crippen molar-refractivity contribution in [3.05, 3.63) is 28.8 Å². The third-order valence-electron chi connectivity index (χ3n) is 4.89. The maximum atomic E-state index is 10.3. The number of likely N-dealkylation sites (tertiary alicyclic amines) is 1. The molecule has 22 heavy (non-hydrogen) atoms. The molecule has 0 aliphatic carbocycles. The molecular weight excluding hydrogens is 302 g/mol. The molecule has 2 saturated heterocycles. The van der Waals surface area contributed by atoms with Crippen molar-refractivity contribution in [2.75, 3.05) is 26.9 Å². The van der Waals surface area contributed by atoms with Gasteiger partial charge in [0.25, 0.3) is 0 Å². The Hall–Kier alpha value is -0.810. The summed E-state index contributed by atoms with van der Waals surface area (Å²) in [4.78, 5) is 2.45. The largest absolute Gasteiger partial charge is 0.496 e. The molecule has 4 nitrogen and oxygen atoms in total. The monoisotopic (exact) mass is 325 g/mol. The highest BCUT2D eigenvalue weighted by molar-refractivity contribution is 6.30. The lowest BCUT2D eigenvalue weighted by atomic mass is 9.89. The van der Waals surface area contributed by atoms with Crippen molar-refractivity contribution in [3.63, 3.8) is 0 Å². The summed E-state index contributed by atoms with van der Waals surface area (Å²) >= 11 is 6.04. The zero-order valence-electron chi connectivity index (χ0n) is 13.0. The molecule has 2 fully saturated rings. The van der Waals surface area contributed by atoms with Gasteiger partial charge in [-0.05, 0) is 37.9 Å². The lowest BCUT2D eigenvalue weighted by Crippen LogP contribution is -2.45. The average Bonchev–Trinajstić information content (AvgIpc) is 2.97. The van der Waals surface area contributed by atoms with Crippen molar-refractivity contribution in [1.82, 2.24) is 4.90 Å². The predicted octanol–water partition coefficient (Wildman–Crippen LogP) is 2.71. The quantitative estimate of drug-likeness (QED) is 0.924. The van der Waals surface area contributed by atoms with Crippen molar-refractivity contribution in [3.8, 4) is 5.75 Å². The van der Waals surface area contributed by atoms with E-state index in [2.05, 4.69) is 4.90 Å². The second-order valence-corrected chi connectivity index (χ2v) is 6.67. The first-order chi connectivity index (χ1) is 10.7. The number of nitrogens with zero attached hydrogens (tertiary/aromatic N) is 1. The number of hydrogen-bond acceptors (Lipinski definition) is 4. The number of ether oxygens (including phenoxy) is 2. The zero-order valence-corrected chi connectivity index (χ0v) is 13.8. The highest BCUT2D eigenvalue weighted by Crippen LogP contribution is 2.33. The Balaban J connectivity index is 1.73. The Bertz CT molecular complexity index is 511. The van der Waals surface area contributed by atoms with E-state index in [1.54, 1.807) is 7.11 Å². The molecule has 1 aromatic rings. The molecule has 122 valence electrons. The SMILES string of the molecule is COc1cc(Cl)ccc1CN1CCC[C@@H]1[C@@H]1COCC[C@H]1O. The van der Waals surface area contributed by atoms with Crippen LogP contribution in [0.15, 0.2) is 18.2 Å². The number of methoxy groups -OCH3 is 1. The van der Waals surface area contributed by atoms with Crippen molar-refractivity contribution in [1.29, 1.82) is 0 Å². The van der Waals surface area contributed by atoms with Crippen molar-refractivity contribution >= 4 is 11.6 Å². The first-order valence-corrected chi connectivity index (χ1v) is 8.39. The summed E-state index contributed by atoms with van der Waals surface area (Å²) in [7, 11) is 1.68. The topological polar surface area (TPSA) is 41.9 Å². The van der Waals surface area contributed by atoms with Gasteiger partial charge in [-0.1, -0.05) is 17.7 Å². The fraction of sp³-hybridized carbons (Fsp3) is 0.647. The smallest absolute Gasteiger partial charge is 0.124 e. The number of aliphatic hydroxyl groups is 1. The van der Waals surface area contributed by atoms with Crippen LogP contribution in [0.2, 0.25) is 5.02 Å². The zero-order chi connectivity index (χ0) is 15.5. The van der Waals surface area contributed by atoms with E-state index in [4.69, 9.17) is 21.1 Å². The maximum absolute atomic E-state index is 10.3. The summed E-state index contributed by atoms with van der Waals surface area (Å²) < 4.78 is 11.0. The van der Waals surface area contributed by atoms with Gasteiger partial charge in [0.2, 0.25) is 0 Å². The van der Waals surface area contributed by atoms with Crippen LogP contribution in [0.3, 0.4) is 0 Å². The third kappa shape index (κ3) is 3.40. The van der Waals surface area contributed by atoms with Crippen LogP contribution in [0.25, 0.3) is 0 Å². The molecule has 0 radical (unpaired) electrons. The van der Waals surface area contributed by atoms with Gasteiger partial charge in [-0.3, -0.25) is 4.90 Å². The van der Waals surface area contributed by atoms with Gasteiger partial charge in [-0.2, -0.15) is 0 Å². The minimum Gasteiger partial charge on any atom is -0.496 e. The van der Waals surface area contributed by atoms with E-state index in [0.717, 1.165) is 37.2 Å². The summed E-state index contributed by atoms with van der Waals surface area (Å²) in [5.74, 6) is 1.05. The van der Waals surface area contributed by atoms with E-state index in [1.165, 1.54) is 6.42 Å². The van der Waals surface area contributed by atoms with Gasteiger partial charge in [0, 0.05) is 35.7 Å². The van der Waals surface area contributed by atoms with Crippen LogP contribution in [-0.2, 0) is 11.3 Å². The lowest BCUT2D eigenvalue weighted by Gasteiger charge is -2.37. The molecule has 2 aliphatic heterocycles. The molecule has 0 spiro atoms. The van der Waals surface area contributed by atoms with Crippen LogP contribution in [0.4, 0.5) is 0 Å². The van der Waals surface area contributed by atoms with Crippen LogP contribution >= 0.6 is 11.6 Å². The molecule has 3 atom stereocenters. The number of benzene rings is 1. The molecular formula is C17H24ClNO3. The van der Waals surface area contributed by atoms with E-state index in [9.17, 15) is 5.11 Å². The van der Waals surface area contributed by atoms with Gasteiger partial charge < -0.3 is 14.6 Å². The molecule has 1 aromatic carbocycles. The molecule has 0 saturated carbocycles. The molecule has 2 heterocycles. The fourth-order valence-corrected chi connectivity index (χ4v) is 3.88. The number of hydrogen-bond donors (Lipinski definition) is 1. The molecule has 5 heteroatoms. The van der Waals surface area contributed by atoms with E-state index >= 15 is 0 Å². The first kappa shape index (κ1) is 16.1. The molecule has 2 aliphatic rings. The van der Waals surface area contributed by atoms with Crippen molar-refractivity contribution < 1.29 is 14.6 Å². The van der Waals surface area contributed by atoms with Crippen molar-refractivity contribution in [2.24, 2.45) is 5.92 Å².